The van der Waals surface area contributed by atoms with E-state index in [0.29, 0.717) is 21.5 Å². The number of halogens is 1. The van der Waals surface area contributed by atoms with Crippen LogP contribution in [0.5, 0.6) is 0 Å². The van der Waals surface area contributed by atoms with Crippen LogP contribution in [0.1, 0.15) is 12.8 Å². The Labute approximate surface area is 116 Å². The number of hydrogen-bond acceptors (Lipinski definition) is 4. The van der Waals surface area contributed by atoms with E-state index in [0.717, 1.165) is 19.4 Å². The van der Waals surface area contributed by atoms with Crippen LogP contribution in [0.4, 0.5) is 5.82 Å². The Morgan fingerprint density at radius 1 is 1.50 bits per heavy atom. The zero-order valence-electron chi connectivity index (χ0n) is 10.5. The maximum Gasteiger partial charge on any atom is 0.179 e. The molecule has 0 bridgehead atoms. The van der Waals surface area contributed by atoms with E-state index >= 15 is 0 Å². The molecular weight excluding hydrogens is 316 g/mol. The molecule has 1 aliphatic rings. The van der Waals surface area contributed by atoms with Gasteiger partial charge in [0.2, 0.25) is 0 Å². The molecule has 0 aromatic carbocycles. The second kappa shape index (κ2) is 5.17. The Hall–Kier alpha value is -0.620. The van der Waals surface area contributed by atoms with Gasteiger partial charge in [-0.2, -0.15) is 0 Å². The Bertz CT molecular complexity index is 527. The fourth-order valence-corrected chi connectivity index (χ4v) is 4.16. The molecule has 18 heavy (non-hydrogen) atoms. The van der Waals surface area contributed by atoms with Crippen LogP contribution in [0.15, 0.2) is 23.2 Å². The summed E-state index contributed by atoms with van der Waals surface area (Å²) in [5.41, 5.74) is 0. The van der Waals surface area contributed by atoms with Gasteiger partial charge in [-0.15, -0.1) is 0 Å². The first-order valence-corrected chi connectivity index (χ1v) is 8.69. The van der Waals surface area contributed by atoms with Crippen LogP contribution in [0.2, 0.25) is 0 Å². The Kier molecular flexibility index (Phi) is 3.96. The van der Waals surface area contributed by atoms with Gasteiger partial charge >= 0.3 is 0 Å². The van der Waals surface area contributed by atoms with E-state index in [2.05, 4.69) is 20.9 Å². The molecule has 0 aliphatic heterocycles. The van der Waals surface area contributed by atoms with Crippen LogP contribution in [0.25, 0.3) is 0 Å². The van der Waals surface area contributed by atoms with Crippen LogP contribution in [0.3, 0.4) is 0 Å². The summed E-state index contributed by atoms with van der Waals surface area (Å²) in [6, 6.07) is 3.27. The highest BCUT2D eigenvalue weighted by Crippen LogP contribution is 2.34. The minimum Gasteiger partial charge on any atom is -0.358 e. The van der Waals surface area contributed by atoms with Gasteiger partial charge in [-0.3, -0.25) is 0 Å². The highest BCUT2D eigenvalue weighted by molar-refractivity contribution is 9.09. The van der Waals surface area contributed by atoms with Gasteiger partial charge in [0.15, 0.2) is 9.84 Å². The van der Waals surface area contributed by atoms with Crippen molar-refractivity contribution in [1.82, 2.24) is 4.98 Å². The van der Waals surface area contributed by atoms with Gasteiger partial charge in [0.25, 0.3) is 0 Å². The molecular formula is C12H17BrN2O2S. The van der Waals surface area contributed by atoms with Crippen LogP contribution < -0.4 is 4.90 Å². The van der Waals surface area contributed by atoms with E-state index in [-0.39, 0.29) is 0 Å². The summed E-state index contributed by atoms with van der Waals surface area (Å²) < 4.78 is 23.4. The Morgan fingerprint density at radius 2 is 2.17 bits per heavy atom. The van der Waals surface area contributed by atoms with E-state index < -0.39 is 9.84 Å². The molecule has 1 fully saturated rings. The molecule has 1 aromatic heterocycles. The summed E-state index contributed by atoms with van der Waals surface area (Å²) in [5.74, 6) is 1.17. The molecule has 1 aromatic rings. The van der Waals surface area contributed by atoms with Gasteiger partial charge in [0, 0.05) is 30.9 Å². The fourth-order valence-electron chi connectivity index (χ4n) is 2.24. The van der Waals surface area contributed by atoms with E-state index in [1.54, 1.807) is 18.3 Å². The summed E-state index contributed by atoms with van der Waals surface area (Å²) in [6.45, 7) is 0.849. The number of rotatable bonds is 4. The van der Waals surface area contributed by atoms with Gasteiger partial charge in [0.1, 0.15) is 10.7 Å². The van der Waals surface area contributed by atoms with Crippen molar-refractivity contribution in [3.05, 3.63) is 18.3 Å². The largest absolute Gasteiger partial charge is 0.358 e. The van der Waals surface area contributed by atoms with Crippen molar-refractivity contribution < 1.29 is 8.42 Å². The van der Waals surface area contributed by atoms with Crippen LogP contribution in [0, 0.1) is 5.92 Å². The van der Waals surface area contributed by atoms with Crippen molar-refractivity contribution >= 4 is 31.6 Å². The van der Waals surface area contributed by atoms with Crippen LogP contribution in [-0.4, -0.2) is 38.1 Å². The standard InChI is InChI=1S/C12H17BrN2O2S/c1-15(8-9-6-10(13)7-9)12-11(18(2,16)17)4-3-5-14-12/h3-5,9-10H,6-8H2,1-2H3. The third-order valence-electron chi connectivity index (χ3n) is 3.22. The summed E-state index contributed by atoms with van der Waals surface area (Å²) in [5, 5.41) is 0. The molecule has 0 amide bonds. The van der Waals surface area contributed by atoms with Crippen molar-refractivity contribution in [3.8, 4) is 0 Å². The minimum atomic E-state index is -3.23. The van der Waals surface area contributed by atoms with Gasteiger partial charge in [-0.25, -0.2) is 13.4 Å². The number of nitrogens with zero attached hydrogens (tertiary/aromatic N) is 2. The molecule has 1 heterocycles. The van der Waals surface area contributed by atoms with Crippen molar-refractivity contribution in [2.75, 3.05) is 24.7 Å². The second-order valence-corrected chi connectivity index (χ2v) is 8.19. The molecule has 6 heteroatoms. The van der Waals surface area contributed by atoms with E-state index in [9.17, 15) is 8.42 Å². The molecule has 2 rings (SSSR count). The summed E-state index contributed by atoms with van der Waals surface area (Å²) in [4.78, 5) is 7.08. The molecule has 0 unspecified atom stereocenters. The lowest BCUT2D eigenvalue weighted by Gasteiger charge is -2.35. The summed E-state index contributed by atoms with van der Waals surface area (Å²) >= 11 is 3.56. The lowest BCUT2D eigenvalue weighted by Crippen LogP contribution is -2.35. The lowest BCUT2D eigenvalue weighted by atomic mass is 9.85. The maximum absolute atomic E-state index is 11.7. The third-order valence-corrected chi connectivity index (χ3v) is 5.09. The first-order valence-electron chi connectivity index (χ1n) is 5.88. The molecule has 100 valence electrons. The number of anilines is 1. The predicted molar refractivity (Wildman–Crippen MR) is 76.1 cm³/mol. The third kappa shape index (κ3) is 3.03. The van der Waals surface area contributed by atoms with Crippen molar-refractivity contribution in [1.29, 1.82) is 0 Å². The lowest BCUT2D eigenvalue weighted by molar-refractivity contribution is 0.338. The monoisotopic (exact) mass is 332 g/mol. The molecule has 0 spiro atoms. The second-order valence-electron chi connectivity index (χ2n) is 4.91. The first-order chi connectivity index (χ1) is 8.38. The summed E-state index contributed by atoms with van der Waals surface area (Å²) in [7, 11) is -1.33. The number of aromatic nitrogens is 1. The Morgan fingerprint density at radius 3 is 2.72 bits per heavy atom. The summed E-state index contributed by atoms with van der Waals surface area (Å²) in [6.07, 6.45) is 5.14. The molecule has 0 N–H and O–H groups in total. The number of alkyl halides is 1. The number of hydrogen-bond donors (Lipinski definition) is 0. The molecule has 0 atom stereocenters. The molecule has 0 radical (unpaired) electrons. The van der Waals surface area contributed by atoms with Gasteiger partial charge in [-0.05, 0) is 30.9 Å². The van der Waals surface area contributed by atoms with E-state index in [1.165, 1.54) is 6.26 Å². The molecule has 4 nitrogen and oxygen atoms in total. The average Bonchev–Trinajstić information content (AvgIpc) is 2.26. The normalized spacial score (nSPS) is 23.5. The Balaban J connectivity index is 2.17. The smallest absolute Gasteiger partial charge is 0.179 e. The highest BCUT2D eigenvalue weighted by atomic mass is 79.9. The predicted octanol–water partition coefficient (Wildman–Crippen LogP) is 2.09. The van der Waals surface area contributed by atoms with Crippen LogP contribution in [-0.2, 0) is 9.84 Å². The minimum absolute atomic E-state index is 0.308. The topological polar surface area (TPSA) is 50.3 Å². The molecule has 1 saturated carbocycles. The van der Waals surface area contributed by atoms with Crippen molar-refractivity contribution in [2.45, 2.75) is 22.6 Å². The zero-order chi connectivity index (χ0) is 13.3. The molecule has 1 aliphatic carbocycles. The van der Waals surface area contributed by atoms with E-state index in [1.807, 2.05) is 11.9 Å². The van der Waals surface area contributed by atoms with Crippen molar-refractivity contribution in [2.24, 2.45) is 5.92 Å². The SMILES string of the molecule is CN(CC1CC(Br)C1)c1ncccc1S(C)(=O)=O. The number of pyridine rings is 1. The van der Waals surface area contributed by atoms with Gasteiger partial charge in [-0.1, -0.05) is 15.9 Å². The average molecular weight is 333 g/mol. The molecule has 0 saturated heterocycles. The van der Waals surface area contributed by atoms with Gasteiger partial charge in [0.05, 0.1) is 0 Å². The first kappa shape index (κ1) is 13.8. The number of sulfone groups is 1. The maximum atomic E-state index is 11.7. The van der Waals surface area contributed by atoms with Crippen LogP contribution >= 0.6 is 15.9 Å². The van der Waals surface area contributed by atoms with Crippen molar-refractivity contribution in [3.63, 3.8) is 0 Å². The van der Waals surface area contributed by atoms with Gasteiger partial charge < -0.3 is 4.90 Å². The fraction of sp³-hybridized carbons (Fsp3) is 0.583. The van der Waals surface area contributed by atoms with E-state index in [4.69, 9.17) is 0 Å². The highest BCUT2D eigenvalue weighted by Gasteiger charge is 2.29. The quantitative estimate of drug-likeness (QED) is 0.792. The zero-order valence-corrected chi connectivity index (χ0v) is 12.9.